The molecule has 0 fully saturated rings. The van der Waals surface area contributed by atoms with Gasteiger partial charge < -0.3 is 0 Å². The molecule has 0 unspecified atom stereocenters. The van der Waals surface area contributed by atoms with Gasteiger partial charge in [0.25, 0.3) is 0 Å². The Morgan fingerprint density at radius 1 is 1.30 bits per heavy atom. The van der Waals surface area contributed by atoms with Crippen LogP contribution in [-0.4, -0.2) is 0 Å². The van der Waals surface area contributed by atoms with Gasteiger partial charge in [-0.3, -0.25) is 0 Å². The summed E-state index contributed by atoms with van der Waals surface area (Å²) in [6, 6.07) is 4.14. The van der Waals surface area contributed by atoms with Gasteiger partial charge in [0.15, 0.2) is 0 Å². The van der Waals surface area contributed by atoms with Gasteiger partial charge in [0.2, 0.25) is 0 Å². The summed E-state index contributed by atoms with van der Waals surface area (Å²) in [4.78, 5) is 0. The average molecular weight is 167 g/mol. The molecule has 1 aliphatic heterocycles. The van der Waals surface area contributed by atoms with Gasteiger partial charge in [0.1, 0.15) is 0 Å². The molecule has 0 nitrogen and oxygen atoms in total. The van der Waals surface area contributed by atoms with Gasteiger partial charge in [0, 0.05) is 9.59 Å². The lowest BCUT2D eigenvalue weighted by Gasteiger charge is -2.04. The fourth-order valence-electron chi connectivity index (χ4n) is 0.854. The van der Waals surface area contributed by atoms with E-state index in [1.54, 1.807) is 11.3 Å². The molecule has 0 saturated carbocycles. The second-order valence-electron chi connectivity index (χ2n) is 1.98. The molecule has 1 aromatic rings. The van der Waals surface area contributed by atoms with E-state index >= 15 is 0 Å². The second kappa shape index (κ2) is 2.64. The van der Waals surface area contributed by atoms with Crippen LogP contribution in [0.4, 0.5) is 0 Å². The standard InChI is InChI=1S/C8H7S2/c1-2-7-10(6-1)8-4-3-5-9-8/h1-4,6-7,10H. The first-order chi connectivity index (χ1) is 4.97. The number of hydrogen-bond acceptors (Lipinski definition) is 1. The zero-order valence-electron chi connectivity index (χ0n) is 5.32. The molecule has 0 amide bonds. The molecule has 51 valence electrons. The van der Waals surface area contributed by atoms with E-state index in [0.29, 0.717) is 0 Å². The van der Waals surface area contributed by atoms with E-state index in [-0.39, 0.29) is 10.9 Å². The highest BCUT2D eigenvalue weighted by Crippen LogP contribution is 2.43. The summed E-state index contributed by atoms with van der Waals surface area (Å²) in [6.45, 7) is 0. The van der Waals surface area contributed by atoms with Gasteiger partial charge in [-0.25, -0.2) is 0 Å². The van der Waals surface area contributed by atoms with E-state index in [2.05, 4.69) is 34.4 Å². The third-order valence-electron chi connectivity index (χ3n) is 1.32. The van der Waals surface area contributed by atoms with Crippen molar-refractivity contribution < 1.29 is 0 Å². The minimum absolute atomic E-state index is 0.0770. The normalized spacial score (nSPS) is 18.6. The highest BCUT2D eigenvalue weighted by molar-refractivity contribution is 8.23. The molecule has 0 N–H and O–H groups in total. The van der Waals surface area contributed by atoms with Crippen molar-refractivity contribution in [1.29, 1.82) is 0 Å². The summed E-state index contributed by atoms with van der Waals surface area (Å²) in [6.07, 6.45) is 4.23. The SMILES string of the molecule is [c]1ccc([SH]2C=CC=C2)s1. The molecule has 2 rings (SSSR count). The molecule has 10 heavy (non-hydrogen) atoms. The first kappa shape index (κ1) is 6.25. The average Bonchev–Trinajstić information content (AvgIpc) is 2.59. The van der Waals surface area contributed by atoms with Crippen LogP contribution in [0, 0.1) is 5.38 Å². The van der Waals surface area contributed by atoms with Gasteiger partial charge in [-0.15, -0.1) is 11.3 Å². The Bertz CT molecular complexity index is 245. The summed E-state index contributed by atoms with van der Waals surface area (Å²) in [5.41, 5.74) is 0. The number of thiol groups is 1. The maximum atomic E-state index is 3.10. The highest BCUT2D eigenvalue weighted by atomic mass is 32.2. The fourth-order valence-corrected chi connectivity index (χ4v) is 3.40. The van der Waals surface area contributed by atoms with E-state index in [1.807, 2.05) is 6.07 Å². The molecular formula is C8H7S2. The molecule has 1 aromatic heterocycles. The van der Waals surface area contributed by atoms with Gasteiger partial charge in [0.05, 0.1) is 0 Å². The van der Waals surface area contributed by atoms with Crippen LogP contribution < -0.4 is 0 Å². The van der Waals surface area contributed by atoms with Gasteiger partial charge >= 0.3 is 0 Å². The minimum atomic E-state index is -0.0770. The number of thiophene rings is 1. The van der Waals surface area contributed by atoms with E-state index in [0.717, 1.165) is 0 Å². The van der Waals surface area contributed by atoms with Crippen LogP contribution in [0.2, 0.25) is 0 Å². The monoisotopic (exact) mass is 167 g/mol. The van der Waals surface area contributed by atoms with Crippen molar-refractivity contribution >= 4 is 22.2 Å². The number of allylic oxidation sites excluding steroid dienone is 2. The Balaban J connectivity index is 2.29. The molecular weight excluding hydrogens is 160 g/mol. The van der Waals surface area contributed by atoms with Crippen molar-refractivity contribution in [3.05, 3.63) is 40.5 Å². The first-order valence-electron chi connectivity index (χ1n) is 3.06. The van der Waals surface area contributed by atoms with Crippen LogP contribution >= 0.6 is 22.2 Å². The van der Waals surface area contributed by atoms with Crippen LogP contribution in [-0.2, 0) is 0 Å². The van der Waals surface area contributed by atoms with Gasteiger partial charge in [-0.05, 0) is 22.9 Å². The summed E-state index contributed by atoms with van der Waals surface area (Å²) in [5.74, 6) is 0. The quantitative estimate of drug-likeness (QED) is 0.611. The molecule has 0 aromatic carbocycles. The van der Waals surface area contributed by atoms with E-state index < -0.39 is 0 Å². The topological polar surface area (TPSA) is 0 Å². The third-order valence-corrected chi connectivity index (χ3v) is 4.47. The lowest BCUT2D eigenvalue weighted by molar-refractivity contribution is 1.74. The maximum Gasteiger partial charge on any atom is 0.0480 e. The van der Waals surface area contributed by atoms with Crippen LogP contribution in [0.5, 0.6) is 0 Å². The highest BCUT2D eigenvalue weighted by Gasteiger charge is 2.01. The zero-order valence-corrected chi connectivity index (χ0v) is 7.03. The Kier molecular flexibility index (Phi) is 1.65. The van der Waals surface area contributed by atoms with Crippen molar-refractivity contribution in [3.8, 4) is 0 Å². The Labute approximate surface area is 67.2 Å². The van der Waals surface area contributed by atoms with E-state index in [1.165, 1.54) is 4.21 Å². The molecule has 0 aliphatic carbocycles. The smallest absolute Gasteiger partial charge is 0.0480 e. The molecule has 1 aliphatic rings. The van der Waals surface area contributed by atoms with Crippen molar-refractivity contribution in [2.75, 3.05) is 0 Å². The summed E-state index contributed by atoms with van der Waals surface area (Å²) in [7, 11) is -0.0770. The molecule has 0 bridgehead atoms. The molecule has 2 heterocycles. The first-order valence-corrected chi connectivity index (χ1v) is 5.36. The number of hydrogen-bond donors (Lipinski definition) is 1. The van der Waals surface area contributed by atoms with Crippen molar-refractivity contribution in [2.45, 2.75) is 4.21 Å². The molecule has 0 atom stereocenters. The Morgan fingerprint density at radius 2 is 2.10 bits per heavy atom. The predicted molar refractivity (Wildman–Crippen MR) is 48.7 cm³/mol. The molecule has 2 heteroatoms. The van der Waals surface area contributed by atoms with Gasteiger partial charge in [-0.2, -0.15) is 10.9 Å². The summed E-state index contributed by atoms with van der Waals surface area (Å²) < 4.78 is 1.44. The second-order valence-corrected chi connectivity index (χ2v) is 5.06. The largest absolute Gasteiger partial charge is 0.177 e. The Morgan fingerprint density at radius 3 is 2.70 bits per heavy atom. The van der Waals surface area contributed by atoms with Crippen LogP contribution in [0.3, 0.4) is 0 Å². The van der Waals surface area contributed by atoms with E-state index in [4.69, 9.17) is 0 Å². The molecule has 1 radical (unpaired) electrons. The van der Waals surface area contributed by atoms with Crippen molar-refractivity contribution in [1.82, 2.24) is 0 Å². The van der Waals surface area contributed by atoms with E-state index in [9.17, 15) is 0 Å². The minimum Gasteiger partial charge on any atom is -0.177 e. The van der Waals surface area contributed by atoms with Crippen molar-refractivity contribution in [3.63, 3.8) is 0 Å². The van der Waals surface area contributed by atoms with Crippen LogP contribution in [0.1, 0.15) is 0 Å². The van der Waals surface area contributed by atoms with Crippen molar-refractivity contribution in [2.24, 2.45) is 0 Å². The fraction of sp³-hybridized carbons (Fsp3) is 0. The molecule has 0 spiro atoms. The Hall–Kier alpha value is -0.470. The zero-order chi connectivity index (χ0) is 6.81. The van der Waals surface area contributed by atoms with Crippen LogP contribution in [0.15, 0.2) is 39.3 Å². The van der Waals surface area contributed by atoms with Crippen LogP contribution in [0.25, 0.3) is 0 Å². The summed E-state index contributed by atoms with van der Waals surface area (Å²) >= 11 is 1.72. The summed E-state index contributed by atoms with van der Waals surface area (Å²) in [5, 5.41) is 7.61. The lowest BCUT2D eigenvalue weighted by atomic mass is 10.6. The predicted octanol–water partition coefficient (Wildman–Crippen LogP) is 2.95. The maximum absolute atomic E-state index is 3.10. The van der Waals surface area contributed by atoms with Gasteiger partial charge in [-0.1, -0.05) is 12.2 Å². The lowest BCUT2D eigenvalue weighted by Crippen LogP contribution is -1.61. The third kappa shape index (κ3) is 1.04. The molecule has 0 saturated heterocycles. The number of rotatable bonds is 1.